The quantitative estimate of drug-likeness (QED) is 0.340. The van der Waals surface area contributed by atoms with Crippen molar-refractivity contribution < 1.29 is 77.5 Å². The molecule has 0 saturated carbocycles. The van der Waals surface area contributed by atoms with E-state index in [-0.39, 0.29) is 63.5 Å². The number of benzene rings is 1. The maximum atomic E-state index is 12.4. The van der Waals surface area contributed by atoms with Crippen LogP contribution in [0.15, 0.2) is 12.1 Å². The molecule has 0 aliphatic heterocycles. The normalized spacial score (nSPS) is 11.0. The predicted molar refractivity (Wildman–Crippen MR) is 35.0 cm³/mol. The van der Waals surface area contributed by atoms with Gasteiger partial charge in [0.05, 0.1) is 5.82 Å². The maximum Gasteiger partial charge on any atom is 1.00 e. The average molecular weight is 238 g/mol. The van der Waals surface area contributed by atoms with Crippen molar-refractivity contribution in [3.8, 4) is 0 Å². The zero-order valence-corrected chi connectivity index (χ0v) is 10.1. The van der Waals surface area contributed by atoms with E-state index >= 15 is 0 Å². The first kappa shape index (κ1) is 14.5. The van der Waals surface area contributed by atoms with E-state index in [0.29, 0.717) is 0 Å². The Balaban J connectivity index is 0.00000169. The second-order valence-electron chi connectivity index (χ2n) is 2.36. The third-order valence-corrected chi connectivity index (χ3v) is 1.39. The smallest absolute Gasteiger partial charge is 0.445 e. The van der Waals surface area contributed by atoms with Crippen molar-refractivity contribution in [1.29, 1.82) is 0 Å². The van der Waals surface area contributed by atoms with Crippen molar-refractivity contribution in [2.24, 2.45) is 0 Å². The Hall–Kier alpha value is 0.501. The van der Waals surface area contributed by atoms with E-state index in [4.69, 9.17) is 0 Å². The Morgan fingerprint density at radius 1 is 0.786 bits per heavy atom. The minimum Gasteiger partial charge on any atom is -0.445 e. The number of hydrogen-bond acceptors (Lipinski definition) is 0. The van der Waals surface area contributed by atoms with Gasteiger partial charge in [-0.2, -0.15) is 0 Å². The van der Waals surface area contributed by atoms with E-state index in [1.54, 1.807) is 0 Å². The third kappa shape index (κ3) is 3.27. The molecular formula is C6H2BF6K. The van der Waals surface area contributed by atoms with Crippen LogP contribution in [-0.4, -0.2) is 6.98 Å². The van der Waals surface area contributed by atoms with E-state index in [9.17, 15) is 26.1 Å². The molecule has 0 bridgehead atoms. The number of rotatable bonds is 1. The van der Waals surface area contributed by atoms with Gasteiger partial charge in [-0.25, -0.2) is 13.2 Å². The van der Waals surface area contributed by atoms with Crippen molar-refractivity contribution in [1.82, 2.24) is 0 Å². The molecule has 0 N–H and O–H groups in total. The largest absolute Gasteiger partial charge is 1.00 e. The summed E-state index contributed by atoms with van der Waals surface area (Å²) in [4.78, 5) is 0. The molecular weight excluding hydrogens is 236 g/mol. The summed E-state index contributed by atoms with van der Waals surface area (Å²) in [6, 6.07) is -0.315. The van der Waals surface area contributed by atoms with Crippen LogP contribution in [-0.2, 0) is 0 Å². The SMILES string of the molecule is Fc1cc(F)c([B-](F)(F)F)cc1F.[K+]. The van der Waals surface area contributed by atoms with Crippen LogP contribution in [0, 0.1) is 17.5 Å². The summed E-state index contributed by atoms with van der Waals surface area (Å²) in [7, 11) is 0. The summed E-state index contributed by atoms with van der Waals surface area (Å²) in [5, 5.41) is 0. The van der Waals surface area contributed by atoms with Gasteiger partial charge < -0.3 is 12.9 Å². The van der Waals surface area contributed by atoms with Crippen LogP contribution >= 0.6 is 0 Å². The second kappa shape index (κ2) is 5.02. The first-order chi connectivity index (χ1) is 5.82. The molecule has 1 aromatic carbocycles. The van der Waals surface area contributed by atoms with Crippen LogP contribution in [0.1, 0.15) is 0 Å². The Kier molecular flexibility index (Phi) is 5.20. The van der Waals surface area contributed by atoms with Gasteiger partial charge in [-0.15, -0.1) is 0 Å². The van der Waals surface area contributed by atoms with Crippen LogP contribution in [0.2, 0.25) is 0 Å². The van der Waals surface area contributed by atoms with Gasteiger partial charge in [-0.1, -0.05) is 5.46 Å². The molecule has 1 rings (SSSR count). The number of halogens is 6. The summed E-state index contributed by atoms with van der Waals surface area (Å²) in [5.74, 6) is -5.15. The van der Waals surface area contributed by atoms with Gasteiger partial charge in [0.15, 0.2) is 11.6 Å². The molecule has 0 saturated heterocycles. The minimum absolute atomic E-state index is 0. The molecule has 0 fully saturated rings. The third-order valence-electron chi connectivity index (χ3n) is 1.39. The molecule has 0 heterocycles. The molecule has 0 nitrogen and oxygen atoms in total. The second-order valence-corrected chi connectivity index (χ2v) is 2.36. The molecule has 0 aliphatic rings. The van der Waals surface area contributed by atoms with E-state index in [1.165, 1.54) is 0 Å². The van der Waals surface area contributed by atoms with Crippen LogP contribution in [0.4, 0.5) is 26.1 Å². The fourth-order valence-corrected chi connectivity index (χ4v) is 0.789. The van der Waals surface area contributed by atoms with Crippen molar-refractivity contribution in [3.63, 3.8) is 0 Å². The van der Waals surface area contributed by atoms with E-state index in [1.807, 2.05) is 0 Å². The fourth-order valence-electron chi connectivity index (χ4n) is 0.789. The Bertz CT molecular complexity index is 336. The summed E-state index contributed by atoms with van der Waals surface area (Å²) >= 11 is 0. The molecule has 0 amide bonds. The fraction of sp³-hybridized carbons (Fsp3) is 0. The van der Waals surface area contributed by atoms with Crippen molar-refractivity contribution >= 4 is 12.4 Å². The van der Waals surface area contributed by atoms with Gasteiger partial charge >= 0.3 is 58.4 Å². The molecule has 8 heteroatoms. The van der Waals surface area contributed by atoms with Gasteiger partial charge in [0, 0.05) is 6.07 Å². The summed E-state index contributed by atoms with van der Waals surface area (Å²) < 4.78 is 72.5. The summed E-state index contributed by atoms with van der Waals surface area (Å²) in [5.41, 5.74) is -1.75. The van der Waals surface area contributed by atoms with Crippen LogP contribution in [0.25, 0.3) is 0 Å². The number of hydrogen-bond donors (Lipinski definition) is 0. The Labute approximate surface area is 118 Å². The predicted octanol–water partition coefficient (Wildman–Crippen LogP) is -0.838. The topological polar surface area (TPSA) is 0 Å². The maximum absolute atomic E-state index is 12.4. The zero-order valence-electron chi connectivity index (χ0n) is 7.00. The van der Waals surface area contributed by atoms with Gasteiger partial charge in [0.25, 0.3) is 0 Å². The van der Waals surface area contributed by atoms with Gasteiger partial charge in [0.1, 0.15) is 0 Å². The molecule has 0 radical (unpaired) electrons. The molecule has 0 spiro atoms. The Morgan fingerprint density at radius 3 is 1.64 bits per heavy atom. The molecule has 1 aromatic rings. The van der Waals surface area contributed by atoms with Crippen molar-refractivity contribution in [2.75, 3.05) is 0 Å². The van der Waals surface area contributed by atoms with Gasteiger partial charge in [-0.3, -0.25) is 0 Å². The first-order valence-corrected chi connectivity index (χ1v) is 3.16. The van der Waals surface area contributed by atoms with E-state index < -0.39 is 29.9 Å². The van der Waals surface area contributed by atoms with Gasteiger partial charge in [-0.05, 0) is 6.07 Å². The standard InChI is InChI=1S/C6H2BF6.K/c8-4-2-6(10)5(9)1-3(4)7(11,12)13;/h1-2H;/q-1;+1. The molecule has 0 unspecified atom stereocenters. The van der Waals surface area contributed by atoms with Crippen LogP contribution in [0.3, 0.4) is 0 Å². The van der Waals surface area contributed by atoms with Gasteiger partial charge in [0.2, 0.25) is 0 Å². The van der Waals surface area contributed by atoms with Crippen LogP contribution < -0.4 is 56.8 Å². The summed E-state index contributed by atoms with van der Waals surface area (Å²) in [6.07, 6.45) is 0. The average Bonchev–Trinajstić information content (AvgIpc) is 1.94. The Morgan fingerprint density at radius 2 is 1.21 bits per heavy atom. The van der Waals surface area contributed by atoms with E-state index in [0.717, 1.165) is 0 Å². The van der Waals surface area contributed by atoms with Crippen LogP contribution in [0.5, 0.6) is 0 Å². The zero-order chi connectivity index (χ0) is 10.2. The molecule has 14 heavy (non-hydrogen) atoms. The monoisotopic (exact) mass is 238 g/mol. The summed E-state index contributed by atoms with van der Waals surface area (Å²) in [6.45, 7) is -5.64. The van der Waals surface area contributed by atoms with Crippen molar-refractivity contribution in [3.05, 3.63) is 29.6 Å². The van der Waals surface area contributed by atoms with E-state index in [2.05, 4.69) is 0 Å². The molecule has 0 atom stereocenters. The molecule has 0 aliphatic carbocycles. The molecule has 72 valence electrons. The minimum atomic E-state index is -5.64. The van der Waals surface area contributed by atoms with Crippen molar-refractivity contribution in [2.45, 2.75) is 0 Å². The molecule has 0 aromatic heterocycles. The first-order valence-electron chi connectivity index (χ1n) is 3.16.